The van der Waals surface area contributed by atoms with Gasteiger partial charge in [0.2, 0.25) is 11.8 Å². The highest BCUT2D eigenvalue weighted by Crippen LogP contribution is 2.52. The summed E-state index contributed by atoms with van der Waals surface area (Å²) in [5, 5.41) is 9.18. The number of hydrogen-bond acceptors (Lipinski definition) is 13. The van der Waals surface area contributed by atoms with Crippen LogP contribution in [0.25, 0.3) is 55.4 Å². The number of oxazole rings is 2. The van der Waals surface area contributed by atoms with Gasteiger partial charge in [0.15, 0.2) is 11.2 Å². The number of sulfonamides is 2. The van der Waals surface area contributed by atoms with Crippen molar-refractivity contribution in [3.05, 3.63) is 220 Å². The van der Waals surface area contributed by atoms with E-state index < -0.39 is 81.6 Å². The van der Waals surface area contributed by atoms with E-state index in [1.165, 1.54) is 42.5 Å². The second-order valence-corrected chi connectivity index (χ2v) is 27.1. The zero-order valence-corrected chi connectivity index (χ0v) is 51.3. The first-order valence-corrected chi connectivity index (χ1v) is 32.2. The van der Waals surface area contributed by atoms with Gasteiger partial charge in [-0.3, -0.25) is 0 Å². The van der Waals surface area contributed by atoms with Crippen LogP contribution in [-0.2, 0) is 30.2 Å². The number of nitriles is 2. The van der Waals surface area contributed by atoms with Gasteiger partial charge in [0, 0.05) is 49.9 Å². The predicted octanol–water partition coefficient (Wildman–Crippen LogP) is 9.87. The van der Waals surface area contributed by atoms with Crippen molar-refractivity contribution in [3.8, 4) is 29.1 Å². The first-order chi connectivity index (χ1) is 43.9. The van der Waals surface area contributed by atoms with Crippen molar-refractivity contribution in [1.82, 2.24) is 23.1 Å². The van der Waals surface area contributed by atoms with E-state index >= 15 is 26.3 Å². The normalized spacial score (nSPS) is 13.5. The van der Waals surface area contributed by atoms with Crippen molar-refractivity contribution < 1.29 is 77.8 Å². The fraction of sp³-hybridized carbons (Fsp3) is 0.115. The Labute approximate surface area is 532 Å². The summed E-state index contributed by atoms with van der Waals surface area (Å²) in [6.45, 7) is 1.38. The van der Waals surface area contributed by atoms with Gasteiger partial charge < -0.3 is 22.0 Å². The number of nitrogens with zero attached hydrogens (tertiary/aromatic N) is 6. The van der Waals surface area contributed by atoms with Crippen LogP contribution in [0.5, 0.6) is 5.75 Å². The number of alkyl halides is 9. The molecule has 7 aromatic carbocycles. The van der Waals surface area contributed by atoms with E-state index in [1.54, 1.807) is 144 Å². The third-order valence-corrected chi connectivity index (χ3v) is 19.8. The van der Waals surface area contributed by atoms with Crippen LogP contribution in [0.1, 0.15) is 37.2 Å². The Hall–Kier alpha value is -9.29. The number of nitrogens with one attached hydrogen (secondary N) is 1. The lowest BCUT2D eigenvalue weighted by Crippen LogP contribution is -2.64. The molecule has 11 aromatic rings. The Kier molecular flexibility index (Phi) is 16.8. The van der Waals surface area contributed by atoms with Gasteiger partial charge in [-0.25, -0.2) is 26.8 Å². The van der Waals surface area contributed by atoms with Crippen LogP contribution in [0.2, 0.25) is 10.0 Å². The first kappa shape index (κ1) is 65.2. The maximum absolute atomic E-state index is 16.1. The molecule has 0 amide bonds. The molecule has 1 N–H and O–H groups in total. The summed E-state index contributed by atoms with van der Waals surface area (Å²) in [6.07, 6.45) is 0. The summed E-state index contributed by atoms with van der Waals surface area (Å²) < 4.78 is 229. The molecule has 0 fully saturated rings. The van der Waals surface area contributed by atoms with Crippen LogP contribution >= 0.6 is 23.2 Å². The van der Waals surface area contributed by atoms with Crippen LogP contribution in [0.4, 0.5) is 39.5 Å². The molecule has 0 bridgehead atoms. The predicted molar refractivity (Wildman–Crippen MR) is 331 cm³/mol. The average molecular weight is 1370 g/mol. The van der Waals surface area contributed by atoms with Crippen LogP contribution < -0.4 is 40.9 Å². The fourth-order valence-corrected chi connectivity index (χ4v) is 14.6. The number of benzene rings is 7. The molecule has 4 aromatic heterocycles. The van der Waals surface area contributed by atoms with Crippen LogP contribution in [0, 0.1) is 22.7 Å². The van der Waals surface area contributed by atoms with E-state index in [0.29, 0.717) is 39.7 Å². The van der Waals surface area contributed by atoms with Gasteiger partial charge in [-0.2, -0.15) is 58.5 Å². The smallest absolute Gasteiger partial charge is 0.435 e. The minimum atomic E-state index is -8.16. The summed E-state index contributed by atoms with van der Waals surface area (Å²) in [5.41, 5.74) is -5.07. The first-order valence-electron chi connectivity index (χ1n) is 27.1. The lowest BCUT2D eigenvalue weighted by molar-refractivity contribution is -0.245. The molecule has 0 aliphatic rings. The second kappa shape index (κ2) is 24.0. The summed E-state index contributed by atoms with van der Waals surface area (Å²) in [4.78, 5) is 9.53. The highest BCUT2D eigenvalue weighted by Gasteiger charge is 2.83. The molecule has 0 atom stereocenters. The van der Waals surface area contributed by atoms with Crippen molar-refractivity contribution in [2.45, 2.75) is 41.7 Å². The number of hydrogen-bond donors (Lipinski definition) is 1. The molecular formula is C61H38B2Cl2F9N7O9S3. The minimum absolute atomic E-state index is 0.0470. The maximum Gasteiger partial charge on any atom is 0.512 e. The van der Waals surface area contributed by atoms with Gasteiger partial charge in [-0.15, -0.1) is 0 Å². The van der Waals surface area contributed by atoms with Crippen molar-refractivity contribution in [2.24, 2.45) is 0 Å². The summed E-state index contributed by atoms with van der Waals surface area (Å²) in [6, 6.07) is 51.5. The zero-order chi connectivity index (χ0) is 67.0. The summed E-state index contributed by atoms with van der Waals surface area (Å²) >= 11 is 12.9. The molecule has 0 spiro atoms. The lowest BCUT2D eigenvalue weighted by atomic mass is 9.50. The monoisotopic (exact) mass is 1370 g/mol. The zero-order valence-electron chi connectivity index (χ0n) is 47.3. The van der Waals surface area contributed by atoms with E-state index in [1.807, 2.05) is 0 Å². The standard InChI is InChI=1S/C61H38B2Cl2F9N7O9S3/c1-35(2)52-50-51(55(45(34-76)57-78-47-29-27-42(65)32-49(47)89-57)80(52)62(37-17-7-3-8-18-37)38-19-9-4-10-20-38)53(36-16-15-25-43(30-36)90-93(86,87)60(70,71)58(66,67)59(68,69)91(82,83)79-92(84,85)61(72,73)74)81(63(39-21-11-5-12-22-39)40-23-13-6-14-24-40)54(50)44(33-75)56-77-46-28-26-41(64)31-48(46)88-56/h3-32,35,79H,1-2H3/b54-44-,55-45-. The van der Waals surface area contributed by atoms with Crippen LogP contribution in [0.15, 0.2) is 191 Å². The van der Waals surface area contributed by atoms with Gasteiger partial charge in [0.25, 0.3) is 10.0 Å². The van der Waals surface area contributed by atoms with Gasteiger partial charge in [0.1, 0.15) is 40.1 Å². The van der Waals surface area contributed by atoms with Gasteiger partial charge in [-0.1, -0.05) is 196 Å². The third-order valence-electron chi connectivity index (χ3n) is 14.8. The Morgan fingerprint density at radius 2 is 0.968 bits per heavy atom. The molecule has 0 aliphatic heterocycles. The Balaban J connectivity index is 1.35. The average Bonchev–Trinajstić information content (AvgIpc) is 1.63. The number of rotatable bonds is 18. The van der Waals surface area contributed by atoms with E-state index in [-0.39, 0.29) is 87.9 Å². The fourth-order valence-electron chi connectivity index (χ4n) is 10.8. The van der Waals surface area contributed by atoms with Crippen molar-refractivity contribution >= 4 is 133 Å². The number of halogens is 11. The van der Waals surface area contributed by atoms with Crippen molar-refractivity contribution in [2.75, 3.05) is 0 Å². The second-order valence-electron chi connectivity index (χ2n) is 21.0. The summed E-state index contributed by atoms with van der Waals surface area (Å²) in [7, 11) is -23.5. The van der Waals surface area contributed by atoms with Crippen LogP contribution in [0.3, 0.4) is 0 Å². The molecule has 32 heteroatoms. The van der Waals surface area contributed by atoms with Gasteiger partial charge in [0.05, 0.1) is 10.7 Å². The Bertz CT molecular complexity index is 5190. The largest absolute Gasteiger partial charge is 0.512 e. The number of fused-ring (bicyclic) bond motifs is 3. The Morgan fingerprint density at radius 1 is 0.548 bits per heavy atom. The highest BCUT2D eigenvalue weighted by molar-refractivity contribution is 8.05. The molecule has 0 aliphatic carbocycles. The van der Waals surface area contributed by atoms with Gasteiger partial charge in [-0.05, 0) is 42.3 Å². The molecule has 0 saturated heterocycles. The quantitative estimate of drug-likeness (QED) is 0.0479. The molecule has 4 heterocycles. The summed E-state index contributed by atoms with van der Waals surface area (Å²) in [5.74, 6) is -10.6. The van der Waals surface area contributed by atoms with E-state index in [2.05, 4.69) is 16.3 Å². The third kappa shape index (κ3) is 11.3. The Morgan fingerprint density at radius 3 is 1.38 bits per heavy atom. The molecule has 0 saturated carbocycles. The van der Waals surface area contributed by atoms with E-state index in [4.69, 9.17) is 42.0 Å². The highest BCUT2D eigenvalue weighted by atomic mass is 35.5. The maximum atomic E-state index is 16.1. The molecule has 0 radical (unpaired) electrons. The van der Waals surface area contributed by atoms with E-state index in [0.717, 1.165) is 6.07 Å². The van der Waals surface area contributed by atoms with Crippen molar-refractivity contribution in [3.63, 3.8) is 0 Å². The molecule has 0 unspecified atom stereocenters. The molecule has 472 valence electrons. The molecular weight excluding hydrogens is 1330 g/mol. The molecule has 93 heavy (non-hydrogen) atoms. The molecule has 11 rings (SSSR count). The topological polar surface area (TPSA) is 233 Å². The van der Waals surface area contributed by atoms with Crippen molar-refractivity contribution in [1.29, 1.82) is 10.5 Å². The SMILES string of the molecule is CC(C)c1c2/c(=C(\C#N)c3nc4ccc(Cl)cc4o3)n(B(c3ccccc3)c3ccccc3)c(-c3cccc(OS(=O)(=O)C(F)(F)C(F)(F)C(F)(F)S(=O)(=O)NS(=O)(=O)C(F)(F)F)c3)c2/c(=C(\C#N)c2nc3ccc(Cl)cc3o2)n1B(c1ccccc1)c1ccccc1. The van der Waals surface area contributed by atoms with E-state index in [9.17, 15) is 48.9 Å². The lowest BCUT2D eigenvalue weighted by Gasteiger charge is -2.31. The molecule has 16 nitrogen and oxygen atoms in total. The number of aromatic nitrogens is 4. The van der Waals surface area contributed by atoms with Crippen LogP contribution in [-0.4, -0.2) is 79.8 Å². The minimum Gasteiger partial charge on any atom is -0.435 e. The van der Waals surface area contributed by atoms with Gasteiger partial charge >= 0.3 is 55.8 Å².